The fourth-order valence-corrected chi connectivity index (χ4v) is 19.1. The number of hydrogen-bond acceptors (Lipinski definition) is 35. The Bertz CT molecular complexity index is 6640. The summed E-state index contributed by atoms with van der Waals surface area (Å²) in [6.07, 6.45) is 3.37. The van der Waals surface area contributed by atoms with Crippen LogP contribution >= 0.6 is 91.8 Å². The SMILES string of the molecule is CC(CC(=O)c1cc(CCC2CCNCC2)ncn1)c1ncc(C(=O)Nc2cc(C(F)(F)F)c(Cl)cn2)s1.CC(CC(=O)c1cc(N2CC[C@@H](CN)C2)ncn1)c1ncc(C(=O)Nc2cc(C(F)(F)F)c(Cl)cn2)s1.CC(CC(=O)c1cc(NC2CCNCC2)ncn1)c1ncc(C(=O)Nc2cc(C(F)(F)F)c(Cl)cn2)s1.CC(CC(=O)c1cc(NCCCN)ncn1)c1ncc(C(=O)Nc2cc(C(F)(F)F)c(Cl)cn2)s1. The molecule has 0 saturated carbocycles. The lowest BCUT2D eigenvalue weighted by molar-refractivity contribution is -0.138. The smallest absolute Gasteiger partial charge is 0.370 e. The second kappa shape index (κ2) is 51.9. The number of halogens is 16. The van der Waals surface area contributed by atoms with Crippen LogP contribution in [0.5, 0.6) is 0 Å². The lowest BCUT2D eigenvalue weighted by Crippen LogP contribution is -2.35. The van der Waals surface area contributed by atoms with Gasteiger partial charge in [-0.05, 0) is 133 Å². The molecule has 4 unspecified atom stereocenters. The van der Waals surface area contributed by atoms with Gasteiger partial charge in [-0.3, -0.25) is 38.4 Å². The van der Waals surface area contributed by atoms with E-state index in [0.717, 1.165) is 166 Å². The van der Waals surface area contributed by atoms with Gasteiger partial charge in [-0.25, -0.2) is 79.7 Å². The van der Waals surface area contributed by atoms with Crippen LogP contribution in [0.25, 0.3) is 0 Å². The van der Waals surface area contributed by atoms with E-state index in [9.17, 15) is 91.0 Å². The Morgan fingerprint density at radius 2 is 0.728 bits per heavy atom. The number of thiazole rings is 4. The van der Waals surface area contributed by atoms with Gasteiger partial charge in [0.05, 0.1) is 87.2 Å². The monoisotopic (exact) mass is 2200 g/mol. The highest BCUT2D eigenvalue weighted by Gasteiger charge is 2.39. The van der Waals surface area contributed by atoms with Crippen molar-refractivity contribution in [3.63, 3.8) is 0 Å². The van der Waals surface area contributed by atoms with E-state index in [1.165, 1.54) is 50.1 Å². The Morgan fingerprint density at radius 1 is 0.395 bits per heavy atom. The molecule has 3 aliphatic rings. The van der Waals surface area contributed by atoms with Gasteiger partial charge in [-0.1, -0.05) is 74.1 Å². The number of nitrogens with two attached hydrogens (primary N) is 2. The van der Waals surface area contributed by atoms with Gasteiger partial charge in [0.2, 0.25) is 0 Å². The molecule has 0 bridgehead atoms. The van der Waals surface area contributed by atoms with Gasteiger partial charge >= 0.3 is 24.7 Å². The number of alkyl halides is 12. The summed E-state index contributed by atoms with van der Waals surface area (Å²) in [7, 11) is 0. The van der Waals surface area contributed by atoms with Crippen LogP contribution in [0, 0.1) is 11.8 Å². The van der Waals surface area contributed by atoms with Gasteiger partial charge in [-0.15, -0.1) is 45.3 Å². The fraction of sp³-hybridized carbons (Fsp3) is 0.391. The molecular formula is C92H93Cl4F12N27O8S4. The van der Waals surface area contributed by atoms with Gasteiger partial charge in [0.1, 0.15) is 108 Å². The number of Topliss-reactive ketones (excluding diaryl/α,β-unsaturated/α-hetero) is 4. The number of nitrogens with one attached hydrogen (secondary N) is 8. The molecule has 3 fully saturated rings. The molecule has 0 aliphatic carbocycles. The van der Waals surface area contributed by atoms with Gasteiger partial charge in [0.25, 0.3) is 23.6 Å². The normalized spacial score (nSPS) is 14.9. The lowest BCUT2D eigenvalue weighted by atomic mass is 9.92. The van der Waals surface area contributed by atoms with E-state index in [2.05, 4.69) is 127 Å². The molecule has 12 N–H and O–H groups in total. The Labute approximate surface area is 867 Å². The number of rotatable bonds is 35. The summed E-state index contributed by atoms with van der Waals surface area (Å²) in [4.78, 5) is 169. The first kappa shape index (κ1) is 113. The minimum atomic E-state index is -4.69. The molecule has 12 aromatic rings. The second-order valence-electron chi connectivity index (χ2n) is 33.9. The van der Waals surface area contributed by atoms with E-state index >= 15 is 0 Å². The van der Waals surface area contributed by atoms with Crippen LogP contribution in [0.3, 0.4) is 0 Å². The third-order valence-electron chi connectivity index (χ3n) is 22.7. The van der Waals surface area contributed by atoms with Crippen LogP contribution in [0.2, 0.25) is 20.1 Å². The highest BCUT2D eigenvalue weighted by atomic mass is 35.5. The first-order valence-electron chi connectivity index (χ1n) is 45.3. The van der Waals surface area contributed by atoms with Crippen LogP contribution in [-0.4, -0.2) is 191 Å². The van der Waals surface area contributed by atoms with Crippen molar-refractivity contribution in [2.24, 2.45) is 23.3 Å². The molecule has 0 radical (unpaired) electrons. The minimum Gasteiger partial charge on any atom is -0.370 e. The maximum Gasteiger partial charge on any atom is 0.418 e. The Hall–Kier alpha value is -12.4. The van der Waals surface area contributed by atoms with Crippen molar-refractivity contribution in [3.8, 4) is 0 Å². The third-order valence-corrected chi connectivity index (χ3v) is 28.8. The maximum absolute atomic E-state index is 13.1. The molecule has 12 aromatic heterocycles. The largest absolute Gasteiger partial charge is 0.418 e. The fourth-order valence-electron chi connectivity index (χ4n) is 14.8. The number of ketones is 4. The van der Waals surface area contributed by atoms with Crippen LogP contribution < -0.4 is 58.9 Å². The summed E-state index contributed by atoms with van der Waals surface area (Å²) in [6, 6.07) is 9.54. The maximum atomic E-state index is 13.1. The number of piperidine rings is 2. The van der Waals surface area contributed by atoms with Crippen molar-refractivity contribution in [1.29, 1.82) is 0 Å². The minimum absolute atomic E-state index is 0.0848. The average molecular weight is 2200 g/mol. The van der Waals surface area contributed by atoms with Gasteiger partial charge in [-0.2, -0.15) is 52.7 Å². The molecule has 5 atom stereocenters. The van der Waals surface area contributed by atoms with Crippen molar-refractivity contribution in [2.75, 3.05) is 95.7 Å². The van der Waals surface area contributed by atoms with Crippen molar-refractivity contribution in [1.82, 2.24) is 90.4 Å². The lowest BCUT2D eigenvalue weighted by Gasteiger charge is -2.24. The number of nitrogens with zero attached hydrogens (tertiary/aromatic N) is 17. The van der Waals surface area contributed by atoms with Gasteiger partial charge in [0, 0.05) is 124 Å². The molecule has 4 amide bonds. The van der Waals surface area contributed by atoms with Crippen molar-refractivity contribution < 1.29 is 91.0 Å². The van der Waals surface area contributed by atoms with Gasteiger partial charge in [0.15, 0.2) is 23.1 Å². The van der Waals surface area contributed by atoms with Crippen LogP contribution in [-0.2, 0) is 31.1 Å². The summed E-state index contributed by atoms with van der Waals surface area (Å²) in [5.74, 6) is -3.08. The first-order chi connectivity index (χ1) is 69.8. The molecule has 780 valence electrons. The van der Waals surface area contributed by atoms with Crippen molar-refractivity contribution >= 4 is 179 Å². The summed E-state index contributed by atoms with van der Waals surface area (Å²) in [5, 5.41) is 22.2. The molecule has 3 aliphatic heterocycles. The zero-order valence-electron chi connectivity index (χ0n) is 78.1. The molecule has 35 nitrogen and oxygen atoms in total. The van der Waals surface area contributed by atoms with E-state index in [1.807, 2.05) is 6.92 Å². The molecule has 15 rings (SSSR count). The molecule has 15 heterocycles. The average Bonchev–Trinajstić information content (AvgIpc) is 1.56. The Balaban J connectivity index is 0.000000174. The molecule has 0 aromatic carbocycles. The van der Waals surface area contributed by atoms with E-state index < -0.39 is 90.7 Å². The summed E-state index contributed by atoms with van der Waals surface area (Å²) in [6.45, 7) is 14.4. The predicted molar refractivity (Wildman–Crippen MR) is 530 cm³/mol. The number of anilines is 7. The first-order valence-corrected chi connectivity index (χ1v) is 50.1. The zero-order valence-corrected chi connectivity index (χ0v) is 84.4. The summed E-state index contributed by atoms with van der Waals surface area (Å²) >= 11 is 26.4. The Morgan fingerprint density at radius 3 is 1.08 bits per heavy atom. The highest BCUT2D eigenvalue weighted by molar-refractivity contribution is 7.15. The molecule has 0 spiro atoms. The number of aromatic nitrogens is 16. The molecule has 3 saturated heterocycles. The Kier molecular flexibility index (Phi) is 40.0. The third kappa shape index (κ3) is 33.0. The second-order valence-corrected chi connectivity index (χ2v) is 39.8. The van der Waals surface area contributed by atoms with Crippen molar-refractivity contribution in [3.05, 3.63) is 234 Å². The quantitative estimate of drug-likeness (QED) is 0.0100. The molecule has 147 heavy (non-hydrogen) atoms. The number of aryl methyl sites for hydroxylation is 1. The summed E-state index contributed by atoms with van der Waals surface area (Å²) < 4.78 is 157. The van der Waals surface area contributed by atoms with Crippen LogP contribution in [0.15, 0.2) is 123 Å². The highest BCUT2D eigenvalue weighted by Crippen LogP contribution is 2.42. The molecule has 55 heteroatoms. The van der Waals surface area contributed by atoms with E-state index in [0.29, 0.717) is 98.9 Å². The van der Waals surface area contributed by atoms with E-state index in [-0.39, 0.29) is 138 Å². The topological polar surface area (TPSA) is 494 Å². The number of carbonyl (C=O) groups excluding carboxylic acids is 8. The van der Waals surface area contributed by atoms with Crippen LogP contribution in [0.1, 0.15) is 251 Å². The van der Waals surface area contributed by atoms with Gasteiger partial charge < -0.3 is 58.9 Å². The van der Waals surface area contributed by atoms with Crippen molar-refractivity contribution in [2.45, 2.75) is 159 Å². The standard InChI is InChI=1S/C25H26ClF3N6O2S.2C23H23ClF3N7O2S.C21H21ClF3N7O2S/c1-14(8-20(36)19-9-16(33-13-34-19)3-2-15-4-6-30-7-5-15)24-32-12-21(38-24)23(37)35-22-10-17(25(27,28)29)18(26)11-31-22;1-12(6-17(35)16-8-20(32-11-31-16)33-13-2-4-28-5-3-13)22-30-10-18(37-22)21(36)34-19-7-14(23(25,26)27)15(24)9-29-19;1-12(4-17(35)16-6-20(32-11-31-16)34-3-2-13(7-28)10-34)22-30-9-18(37-22)21(36)33-19-5-14(23(25,26)27)15(24)8-29-19;1-11(5-15(33)14-7-17(31-10-30-14)27-4-2-3-26)20-29-9-16(35-20)19(34)32-18-6-12(21(23,24)25)13(22)8-28-18/h9-15,30H,2-8H2,1H3,(H,31,35,37);7-13,28H,2-6H2,1H3,(H,29,34,36)(H,31,32,33);5-6,8-9,11-13H,2-4,7,10,28H2,1H3,(H,29,33,36);6-11H,2-5,26H2,1H3,(H,27,30,31)(H,28,32,34)/t;;12?,13-;/m..0./s1. The summed E-state index contributed by atoms with van der Waals surface area (Å²) in [5.41, 5.74) is 8.80. The van der Waals surface area contributed by atoms with Crippen LogP contribution in [0.4, 0.5) is 93.4 Å². The number of amides is 4. The zero-order chi connectivity index (χ0) is 106. The predicted octanol–water partition coefficient (Wildman–Crippen LogP) is 19.2. The van der Waals surface area contributed by atoms with E-state index in [4.69, 9.17) is 57.9 Å². The number of carbonyl (C=O) groups is 8. The molecular weight excluding hydrogens is 2110 g/mol. The number of hydrogen-bond donors (Lipinski definition) is 10. The van der Waals surface area contributed by atoms with E-state index in [1.54, 1.807) is 45.0 Å². The number of pyridine rings is 4.